The minimum atomic E-state index is 0.139. The summed E-state index contributed by atoms with van der Waals surface area (Å²) in [5.74, 6) is 0. The van der Waals surface area contributed by atoms with Gasteiger partial charge in [-0.1, -0.05) is 0 Å². The Morgan fingerprint density at radius 1 is 1.00 bits per heavy atom. The van der Waals surface area contributed by atoms with Gasteiger partial charge >= 0.3 is 0 Å². The van der Waals surface area contributed by atoms with Crippen LogP contribution < -0.4 is 0 Å². The summed E-state index contributed by atoms with van der Waals surface area (Å²) in [6, 6.07) is 0. The van der Waals surface area contributed by atoms with Crippen LogP contribution in [0.2, 0.25) is 0 Å². The molecule has 0 rings (SSSR count). The van der Waals surface area contributed by atoms with Crippen LogP contribution in [0.4, 0.5) is 0 Å². The topological polar surface area (TPSA) is 58.9 Å². The van der Waals surface area contributed by atoms with Gasteiger partial charge in [0.2, 0.25) is 0 Å². The minimum absolute atomic E-state index is 0.139. The molecule has 0 aliphatic carbocycles. The lowest BCUT2D eigenvalue weighted by molar-refractivity contribution is 1.14. The van der Waals surface area contributed by atoms with Crippen LogP contribution in [0, 0.1) is 9.81 Å². The highest BCUT2D eigenvalue weighted by atomic mass is 16.3. The zero-order chi connectivity index (χ0) is 6.57. The fourth-order valence-corrected chi connectivity index (χ4v) is 0.132. The molecule has 0 spiro atoms. The van der Waals surface area contributed by atoms with Crippen LogP contribution in [0.1, 0.15) is 13.8 Å². The quantitative estimate of drug-likeness (QED) is 0.513. The molecule has 0 radical (unpaired) electrons. The summed E-state index contributed by atoms with van der Waals surface area (Å²) in [6.07, 6.45) is 0. The summed E-state index contributed by atoms with van der Waals surface area (Å²) in [5.41, 5.74) is 0.278. The molecule has 0 saturated heterocycles. The minimum Gasteiger partial charge on any atom is -0.145 e. The fraction of sp³-hybridized carbons (Fsp3) is 0.500. The Kier molecular flexibility index (Phi) is 2.61. The highest BCUT2D eigenvalue weighted by molar-refractivity contribution is 5.05. The second kappa shape index (κ2) is 3.01. The summed E-state index contributed by atoms with van der Waals surface area (Å²) in [6.45, 7) is 2.87. The third-order valence-electron chi connectivity index (χ3n) is 0.797. The Labute approximate surface area is 46.5 Å². The van der Waals surface area contributed by atoms with Crippen molar-refractivity contribution in [1.29, 1.82) is 0 Å². The van der Waals surface area contributed by atoms with E-state index in [0.29, 0.717) is 0 Å². The van der Waals surface area contributed by atoms with Crippen LogP contribution in [-0.4, -0.2) is 0 Å². The third kappa shape index (κ3) is 1.59. The Morgan fingerprint density at radius 2 is 1.25 bits per heavy atom. The molecule has 4 nitrogen and oxygen atoms in total. The Balaban J connectivity index is 4.25. The van der Waals surface area contributed by atoms with E-state index in [9.17, 15) is 9.81 Å². The molecular weight excluding hydrogens is 108 g/mol. The molecule has 0 saturated carbocycles. The summed E-state index contributed by atoms with van der Waals surface area (Å²) in [4.78, 5) is 19.2. The molecule has 0 N–H and O–H groups in total. The van der Waals surface area contributed by atoms with Crippen LogP contribution in [0.25, 0.3) is 0 Å². The molecule has 0 aromatic heterocycles. The maximum Gasteiger partial charge on any atom is 0.106 e. The van der Waals surface area contributed by atoms with Crippen LogP contribution in [-0.2, 0) is 0 Å². The number of nitroso groups, excluding NO2 is 2. The SMILES string of the molecule is C/C(N=O)=C(/C)N=O. The number of hydrogen-bond donors (Lipinski definition) is 0. The largest absolute Gasteiger partial charge is 0.145 e. The summed E-state index contributed by atoms with van der Waals surface area (Å²) in [5, 5.41) is 4.99. The molecule has 8 heavy (non-hydrogen) atoms. The predicted octanol–water partition coefficient (Wildman–Crippen LogP) is 1.77. The van der Waals surface area contributed by atoms with E-state index in [-0.39, 0.29) is 11.4 Å². The summed E-state index contributed by atoms with van der Waals surface area (Å²) in [7, 11) is 0. The first kappa shape index (κ1) is 6.94. The molecule has 4 heteroatoms. The van der Waals surface area contributed by atoms with Gasteiger partial charge in [-0.05, 0) is 24.2 Å². The van der Waals surface area contributed by atoms with Gasteiger partial charge in [0.1, 0.15) is 11.4 Å². The van der Waals surface area contributed by atoms with Gasteiger partial charge in [-0.25, -0.2) is 0 Å². The van der Waals surface area contributed by atoms with Crippen molar-refractivity contribution >= 4 is 0 Å². The molecule has 0 aliphatic rings. The van der Waals surface area contributed by atoms with Crippen LogP contribution in [0.15, 0.2) is 21.7 Å². The number of rotatable bonds is 2. The van der Waals surface area contributed by atoms with E-state index in [1.54, 1.807) is 0 Å². The first-order valence-corrected chi connectivity index (χ1v) is 2.06. The van der Waals surface area contributed by atoms with Crippen LogP contribution in [0.3, 0.4) is 0 Å². The number of allylic oxidation sites excluding steroid dienone is 2. The van der Waals surface area contributed by atoms with Crippen molar-refractivity contribution in [1.82, 2.24) is 0 Å². The standard InChI is InChI=1S/C4H6N2O2/c1-3(5-7)4(2)6-8/h1-2H3/b4-3+. The third-order valence-corrected chi connectivity index (χ3v) is 0.797. The number of hydrogen-bond acceptors (Lipinski definition) is 4. The molecule has 44 valence electrons. The van der Waals surface area contributed by atoms with Gasteiger partial charge in [0.05, 0.1) is 0 Å². The molecule has 0 aliphatic heterocycles. The van der Waals surface area contributed by atoms with E-state index >= 15 is 0 Å². The first-order chi connectivity index (χ1) is 3.72. The molecule has 0 aromatic rings. The van der Waals surface area contributed by atoms with Crippen molar-refractivity contribution in [2.24, 2.45) is 10.4 Å². The van der Waals surface area contributed by atoms with Gasteiger partial charge in [0.15, 0.2) is 0 Å². The van der Waals surface area contributed by atoms with Crippen molar-refractivity contribution in [2.75, 3.05) is 0 Å². The zero-order valence-corrected chi connectivity index (χ0v) is 4.71. The Bertz CT molecular complexity index is 123. The lowest BCUT2D eigenvalue weighted by Crippen LogP contribution is -1.71. The molecule has 0 heterocycles. The normalized spacial score (nSPS) is 12.2. The summed E-state index contributed by atoms with van der Waals surface area (Å²) >= 11 is 0. The van der Waals surface area contributed by atoms with E-state index in [1.807, 2.05) is 0 Å². The lowest BCUT2D eigenvalue weighted by atomic mass is 10.4. The molecule has 0 amide bonds. The summed E-state index contributed by atoms with van der Waals surface area (Å²) < 4.78 is 0. The van der Waals surface area contributed by atoms with Gasteiger partial charge < -0.3 is 0 Å². The van der Waals surface area contributed by atoms with Crippen molar-refractivity contribution < 1.29 is 0 Å². The fourth-order valence-electron chi connectivity index (χ4n) is 0.132. The Hall–Kier alpha value is -1.06. The second-order valence-corrected chi connectivity index (χ2v) is 1.35. The van der Waals surface area contributed by atoms with Gasteiger partial charge in [0, 0.05) is 0 Å². The molecule has 0 unspecified atom stereocenters. The van der Waals surface area contributed by atoms with Crippen molar-refractivity contribution in [3.63, 3.8) is 0 Å². The molecule has 0 atom stereocenters. The average molecular weight is 114 g/mol. The van der Waals surface area contributed by atoms with Crippen molar-refractivity contribution in [2.45, 2.75) is 13.8 Å². The number of nitrogens with zero attached hydrogens (tertiary/aromatic N) is 2. The van der Waals surface area contributed by atoms with Gasteiger partial charge in [-0.2, -0.15) is 0 Å². The van der Waals surface area contributed by atoms with E-state index in [4.69, 9.17) is 0 Å². The molecule has 0 fully saturated rings. The van der Waals surface area contributed by atoms with Gasteiger partial charge in [0.25, 0.3) is 0 Å². The zero-order valence-electron chi connectivity index (χ0n) is 4.71. The molecule has 0 aromatic carbocycles. The van der Waals surface area contributed by atoms with E-state index < -0.39 is 0 Å². The highest BCUT2D eigenvalue weighted by Gasteiger charge is 1.92. The van der Waals surface area contributed by atoms with E-state index in [0.717, 1.165) is 0 Å². The monoisotopic (exact) mass is 114 g/mol. The molecular formula is C4H6N2O2. The smallest absolute Gasteiger partial charge is 0.106 e. The maximum atomic E-state index is 9.60. The van der Waals surface area contributed by atoms with E-state index in [2.05, 4.69) is 10.4 Å². The lowest BCUT2D eigenvalue weighted by Gasteiger charge is -1.82. The van der Waals surface area contributed by atoms with E-state index in [1.165, 1.54) is 13.8 Å². The van der Waals surface area contributed by atoms with Crippen molar-refractivity contribution in [3.05, 3.63) is 21.2 Å². The van der Waals surface area contributed by atoms with Crippen LogP contribution >= 0.6 is 0 Å². The predicted molar refractivity (Wildman–Crippen MR) is 30.0 cm³/mol. The Morgan fingerprint density at radius 3 is 1.38 bits per heavy atom. The average Bonchev–Trinajstić information content (AvgIpc) is 1.84. The maximum absolute atomic E-state index is 9.60. The highest BCUT2D eigenvalue weighted by Crippen LogP contribution is 2.03. The van der Waals surface area contributed by atoms with Crippen molar-refractivity contribution in [3.8, 4) is 0 Å². The van der Waals surface area contributed by atoms with Gasteiger partial charge in [-0.15, -0.1) is 9.81 Å². The van der Waals surface area contributed by atoms with Gasteiger partial charge in [-0.3, -0.25) is 0 Å². The first-order valence-electron chi connectivity index (χ1n) is 2.06. The molecule has 0 bridgehead atoms. The second-order valence-electron chi connectivity index (χ2n) is 1.35. The van der Waals surface area contributed by atoms with Crippen LogP contribution in [0.5, 0.6) is 0 Å².